The molecule has 1 saturated carbocycles. The summed E-state index contributed by atoms with van der Waals surface area (Å²) in [5, 5.41) is 10.4. The second-order valence-corrected chi connectivity index (χ2v) is 5.45. The van der Waals surface area contributed by atoms with Gasteiger partial charge >= 0.3 is 0 Å². The quantitative estimate of drug-likeness (QED) is 0.843. The highest BCUT2D eigenvalue weighted by atomic mass is 16.2. The number of hydrogen-bond acceptors (Lipinski definition) is 4. The maximum atomic E-state index is 11.7. The number of hydrogen-bond donors (Lipinski definition) is 2. The van der Waals surface area contributed by atoms with E-state index < -0.39 is 0 Å². The lowest BCUT2D eigenvalue weighted by atomic mass is 10.3. The molecule has 0 unspecified atom stereocenters. The van der Waals surface area contributed by atoms with Crippen LogP contribution in [0, 0.1) is 6.92 Å². The van der Waals surface area contributed by atoms with Crippen LogP contribution in [0.15, 0.2) is 30.7 Å². The van der Waals surface area contributed by atoms with Crippen molar-refractivity contribution in [3.8, 4) is 0 Å². The third kappa shape index (κ3) is 4.05. The highest BCUT2D eigenvalue weighted by Gasteiger charge is 2.23. The summed E-state index contributed by atoms with van der Waals surface area (Å²) in [7, 11) is 0. The van der Waals surface area contributed by atoms with E-state index in [0.717, 1.165) is 29.8 Å². The molecule has 0 atom stereocenters. The van der Waals surface area contributed by atoms with Gasteiger partial charge in [0.05, 0.1) is 24.1 Å². The number of carbonyl (C=O) groups excluding carboxylic acids is 1. The van der Waals surface area contributed by atoms with E-state index >= 15 is 0 Å². The fourth-order valence-electron chi connectivity index (χ4n) is 1.99. The summed E-state index contributed by atoms with van der Waals surface area (Å²) in [6.45, 7) is 2.92. The Labute approximate surface area is 123 Å². The van der Waals surface area contributed by atoms with E-state index in [0.29, 0.717) is 12.6 Å². The molecule has 21 heavy (non-hydrogen) atoms. The van der Waals surface area contributed by atoms with Gasteiger partial charge in [-0.1, -0.05) is 6.07 Å². The number of pyridine rings is 1. The Morgan fingerprint density at radius 3 is 2.95 bits per heavy atom. The number of nitrogens with zero attached hydrogens (tertiary/aromatic N) is 3. The molecule has 6 nitrogen and oxygen atoms in total. The van der Waals surface area contributed by atoms with E-state index in [1.165, 1.54) is 0 Å². The lowest BCUT2D eigenvalue weighted by Crippen LogP contribution is -2.29. The van der Waals surface area contributed by atoms with Crippen molar-refractivity contribution in [3.63, 3.8) is 0 Å². The van der Waals surface area contributed by atoms with Crippen LogP contribution in [0.4, 0.5) is 5.69 Å². The van der Waals surface area contributed by atoms with Gasteiger partial charge in [-0.25, -0.2) is 0 Å². The van der Waals surface area contributed by atoms with Gasteiger partial charge in [0.2, 0.25) is 5.91 Å². The summed E-state index contributed by atoms with van der Waals surface area (Å²) in [5.41, 5.74) is 3.00. The molecule has 2 aromatic rings. The Bertz CT molecular complexity index is 615. The Hall–Kier alpha value is -2.37. The second-order valence-electron chi connectivity index (χ2n) is 5.45. The molecule has 0 aliphatic heterocycles. The number of aromatic nitrogens is 3. The smallest absolute Gasteiger partial charge is 0.241 e. The van der Waals surface area contributed by atoms with E-state index in [-0.39, 0.29) is 12.5 Å². The summed E-state index contributed by atoms with van der Waals surface area (Å²) < 4.78 is 1.64. The first-order valence-electron chi connectivity index (χ1n) is 7.16. The molecule has 0 spiro atoms. The fourth-order valence-corrected chi connectivity index (χ4v) is 1.99. The Balaban J connectivity index is 1.49. The topological polar surface area (TPSA) is 71.8 Å². The maximum Gasteiger partial charge on any atom is 0.241 e. The van der Waals surface area contributed by atoms with Crippen molar-refractivity contribution in [2.75, 3.05) is 5.32 Å². The Kier molecular flexibility index (Phi) is 3.85. The summed E-state index contributed by atoms with van der Waals surface area (Å²) in [6.07, 6.45) is 7.60. The van der Waals surface area contributed by atoms with E-state index in [1.807, 2.05) is 31.5 Å². The van der Waals surface area contributed by atoms with Crippen LogP contribution in [0.3, 0.4) is 0 Å². The van der Waals surface area contributed by atoms with E-state index in [1.54, 1.807) is 10.9 Å². The zero-order valence-corrected chi connectivity index (χ0v) is 12.0. The third-order valence-electron chi connectivity index (χ3n) is 3.33. The van der Waals surface area contributed by atoms with Crippen LogP contribution in [0.5, 0.6) is 0 Å². The van der Waals surface area contributed by atoms with Gasteiger partial charge in [-0.2, -0.15) is 5.10 Å². The van der Waals surface area contributed by atoms with Crippen molar-refractivity contribution in [1.82, 2.24) is 20.1 Å². The first-order chi connectivity index (χ1) is 10.2. The van der Waals surface area contributed by atoms with Crippen LogP contribution < -0.4 is 10.6 Å². The second kappa shape index (κ2) is 5.95. The first kappa shape index (κ1) is 13.6. The van der Waals surface area contributed by atoms with Gasteiger partial charge in [0, 0.05) is 18.4 Å². The van der Waals surface area contributed by atoms with Crippen molar-refractivity contribution < 1.29 is 4.79 Å². The molecule has 0 aromatic carbocycles. The fraction of sp³-hybridized carbons (Fsp3) is 0.400. The largest absolute Gasteiger partial charge is 0.377 e. The highest BCUT2D eigenvalue weighted by molar-refractivity contribution is 5.76. The normalized spacial score (nSPS) is 14.0. The third-order valence-corrected chi connectivity index (χ3v) is 3.33. The Morgan fingerprint density at radius 1 is 1.38 bits per heavy atom. The number of rotatable bonds is 6. The minimum atomic E-state index is 0.0207. The van der Waals surface area contributed by atoms with Gasteiger partial charge in [0.1, 0.15) is 6.54 Å². The van der Waals surface area contributed by atoms with Crippen molar-refractivity contribution in [3.05, 3.63) is 42.0 Å². The predicted octanol–water partition coefficient (Wildman–Crippen LogP) is 1.48. The molecular formula is C15H19N5O. The molecule has 1 aliphatic carbocycles. The molecule has 110 valence electrons. The molecule has 0 radical (unpaired) electrons. The molecule has 1 amide bonds. The van der Waals surface area contributed by atoms with E-state index in [2.05, 4.69) is 20.7 Å². The SMILES string of the molecule is Cc1ccc(CNc2cnn(CC(=O)NC3CC3)c2)nc1. The zero-order chi connectivity index (χ0) is 14.7. The lowest BCUT2D eigenvalue weighted by molar-refractivity contribution is -0.122. The van der Waals surface area contributed by atoms with Crippen molar-refractivity contribution in [2.24, 2.45) is 0 Å². The molecule has 2 aromatic heterocycles. The number of amides is 1. The van der Waals surface area contributed by atoms with Crippen LogP contribution in [0.25, 0.3) is 0 Å². The summed E-state index contributed by atoms with van der Waals surface area (Å²) in [6, 6.07) is 4.42. The summed E-state index contributed by atoms with van der Waals surface area (Å²) in [4.78, 5) is 16.0. The summed E-state index contributed by atoms with van der Waals surface area (Å²) >= 11 is 0. The van der Waals surface area contributed by atoms with Crippen molar-refractivity contribution >= 4 is 11.6 Å². The maximum absolute atomic E-state index is 11.7. The van der Waals surface area contributed by atoms with Crippen LogP contribution in [-0.2, 0) is 17.9 Å². The predicted molar refractivity (Wildman–Crippen MR) is 79.7 cm³/mol. The number of nitrogens with one attached hydrogen (secondary N) is 2. The van der Waals surface area contributed by atoms with Crippen LogP contribution in [0.1, 0.15) is 24.1 Å². The van der Waals surface area contributed by atoms with Gasteiger partial charge in [-0.05, 0) is 31.4 Å². The monoisotopic (exact) mass is 285 g/mol. The van der Waals surface area contributed by atoms with Crippen LogP contribution in [-0.4, -0.2) is 26.7 Å². The zero-order valence-electron chi connectivity index (χ0n) is 12.0. The molecule has 3 rings (SSSR count). The van der Waals surface area contributed by atoms with Gasteiger partial charge < -0.3 is 10.6 Å². The van der Waals surface area contributed by atoms with Gasteiger partial charge in [0.25, 0.3) is 0 Å². The summed E-state index contributed by atoms with van der Waals surface area (Å²) in [5.74, 6) is 0.0207. The molecule has 6 heteroatoms. The van der Waals surface area contributed by atoms with Crippen LogP contribution >= 0.6 is 0 Å². The molecule has 2 N–H and O–H groups in total. The minimum Gasteiger partial charge on any atom is -0.377 e. The number of anilines is 1. The van der Waals surface area contributed by atoms with Gasteiger partial charge in [-0.15, -0.1) is 0 Å². The minimum absolute atomic E-state index is 0.0207. The average Bonchev–Trinajstić information content (AvgIpc) is 3.16. The molecular weight excluding hydrogens is 266 g/mol. The molecule has 0 saturated heterocycles. The van der Waals surface area contributed by atoms with E-state index in [4.69, 9.17) is 0 Å². The van der Waals surface area contributed by atoms with Gasteiger partial charge in [0.15, 0.2) is 0 Å². The number of aryl methyl sites for hydroxylation is 1. The standard InChI is InChI=1S/C15H19N5O/c1-11-2-3-13(16-6-11)7-17-14-8-18-20(9-14)10-15(21)19-12-4-5-12/h2-3,6,8-9,12,17H,4-5,7,10H2,1H3,(H,19,21). The molecule has 1 fully saturated rings. The van der Waals surface area contributed by atoms with Crippen LogP contribution in [0.2, 0.25) is 0 Å². The average molecular weight is 285 g/mol. The highest BCUT2D eigenvalue weighted by Crippen LogP contribution is 2.18. The van der Waals surface area contributed by atoms with Crippen molar-refractivity contribution in [1.29, 1.82) is 0 Å². The molecule has 1 aliphatic rings. The van der Waals surface area contributed by atoms with E-state index in [9.17, 15) is 4.79 Å². The lowest BCUT2D eigenvalue weighted by Gasteiger charge is -2.04. The molecule has 0 bridgehead atoms. The van der Waals surface area contributed by atoms with Crippen molar-refractivity contribution in [2.45, 2.75) is 38.9 Å². The first-order valence-corrected chi connectivity index (χ1v) is 7.16. The number of carbonyl (C=O) groups is 1. The Morgan fingerprint density at radius 2 is 2.24 bits per heavy atom. The van der Waals surface area contributed by atoms with Gasteiger partial charge in [-0.3, -0.25) is 14.5 Å². The molecule has 2 heterocycles.